The van der Waals surface area contributed by atoms with Gasteiger partial charge in [0.1, 0.15) is 0 Å². The van der Waals surface area contributed by atoms with E-state index in [-0.39, 0.29) is 5.41 Å². The van der Waals surface area contributed by atoms with Gasteiger partial charge in [-0.1, -0.05) is 91.9 Å². The number of hydrogen-bond donors (Lipinski definition) is 1. The van der Waals surface area contributed by atoms with E-state index in [9.17, 15) is 0 Å². The first-order chi connectivity index (χ1) is 14.6. The van der Waals surface area contributed by atoms with Crippen LogP contribution in [0.25, 0.3) is 27.6 Å². The highest BCUT2D eigenvalue weighted by atomic mass is 14.8. The summed E-state index contributed by atoms with van der Waals surface area (Å²) >= 11 is 0. The lowest BCUT2D eigenvalue weighted by Crippen LogP contribution is -2.22. The second-order valence-corrected chi connectivity index (χ2v) is 8.23. The molecule has 0 fully saturated rings. The monoisotopic (exact) mass is 391 g/mol. The summed E-state index contributed by atoms with van der Waals surface area (Å²) in [7, 11) is 2.01. The number of rotatable bonds is 7. The van der Waals surface area contributed by atoms with E-state index in [2.05, 4.69) is 110 Å². The molecule has 1 atom stereocenters. The van der Waals surface area contributed by atoms with Crippen molar-refractivity contribution in [3.05, 3.63) is 109 Å². The summed E-state index contributed by atoms with van der Waals surface area (Å²) in [5.41, 5.74) is 3.75. The Kier molecular flexibility index (Phi) is 5.72. The molecule has 0 spiro atoms. The Morgan fingerprint density at radius 2 is 1.53 bits per heavy atom. The average Bonchev–Trinajstić information content (AvgIpc) is 2.78. The molecular weight excluding hydrogens is 362 g/mol. The van der Waals surface area contributed by atoms with Gasteiger partial charge in [0, 0.05) is 18.2 Å². The third-order valence-electron chi connectivity index (χ3n) is 6.05. The number of allylic oxidation sites excluding steroid dienone is 2. The molecule has 1 heteroatoms. The first-order valence-corrected chi connectivity index (χ1v) is 10.6. The molecule has 0 amide bonds. The van der Waals surface area contributed by atoms with Crippen LogP contribution in [0.5, 0.6) is 0 Å². The van der Waals surface area contributed by atoms with Crippen molar-refractivity contribution >= 4 is 33.3 Å². The summed E-state index contributed by atoms with van der Waals surface area (Å²) in [6.07, 6.45) is 8.46. The van der Waals surface area contributed by atoms with Crippen LogP contribution in [0.1, 0.15) is 30.9 Å². The molecule has 0 radical (unpaired) electrons. The van der Waals surface area contributed by atoms with Crippen molar-refractivity contribution in [1.82, 2.24) is 0 Å². The number of hydrogen-bond acceptors (Lipinski definition) is 1. The van der Waals surface area contributed by atoms with E-state index in [1.807, 2.05) is 13.1 Å². The molecule has 1 unspecified atom stereocenters. The van der Waals surface area contributed by atoms with Crippen molar-refractivity contribution in [1.29, 1.82) is 0 Å². The third kappa shape index (κ3) is 3.89. The maximum atomic E-state index is 4.06. The minimum atomic E-state index is -0.0473. The molecule has 0 saturated carbocycles. The lowest BCUT2D eigenvalue weighted by atomic mass is 9.73. The average molecular weight is 392 g/mol. The molecule has 0 aliphatic carbocycles. The fraction of sp³-hybridized carbons (Fsp3) is 0.172. The quantitative estimate of drug-likeness (QED) is 0.315. The first-order valence-electron chi connectivity index (χ1n) is 10.6. The van der Waals surface area contributed by atoms with Crippen molar-refractivity contribution in [2.24, 2.45) is 0 Å². The number of fused-ring (bicyclic) bond motifs is 2. The number of benzene rings is 4. The van der Waals surface area contributed by atoms with Crippen LogP contribution >= 0.6 is 0 Å². The first kappa shape index (κ1) is 20.0. The van der Waals surface area contributed by atoms with E-state index in [1.54, 1.807) is 0 Å². The van der Waals surface area contributed by atoms with Gasteiger partial charge in [-0.3, -0.25) is 0 Å². The molecule has 1 nitrogen and oxygen atoms in total. The Morgan fingerprint density at radius 1 is 0.833 bits per heavy atom. The molecule has 1 N–H and O–H groups in total. The Hall–Kier alpha value is -3.32. The molecule has 4 aromatic carbocycles. The van der Waals surface area contributed by atoms with Gasteiger partial charge < -0.3 is 5.32 Å². The topological polar surface area (TPSA) is 12.0 Å². The second kappa shape index (κ2) is 8.59. The highest BCUT2D eigenvalue weighted by Crippen LogP contribution is 2.41. The number of nitrogens with one attached hydrogen (secondary N) is 1. The van der Waals surface area contributed by atoms with Crippen molar-refractivity contribution in [3.8, 4) is 0 Å². The minimum absolute atomic E-state index is 0.0473. The van der Waals surface area contributed by atoms with Crippen molar-refractivity contribution in [2.45, 2.75) is 25.2 Å². The lowest BCUT2D eigenvalue weighted by Gasteiger charge is -2.31. The molecular formula is C29H29N. The summed E-state index contributed by atoms with van der Waals surface area (Å²) in [5.74, 6) is 0. The van der Waals surface area contributed by atoms with Crippen LogP contribution in [0.3, 0.4) is 0 Å². The third-order valence-corrected chi connectivity index (χ3v) is 6.05. The predicted octanol–water partition coefficient (Wildman–Crippen LogP) is 7.97. The molecule has 4 rings (SSSR count). The normalized spacial score (nSPS) is 13.5. The molecule has 0 aromatic heterocycles. The van der Waals surface area contributed by atoms with Gasteiger partial charge in [-0.15, -0.1) is 6.58 Å². The van der Waals surface area contributed by atoms with Gasteiger partial charge in [-0.25, -0.2) is 0 Å². The Balaban J connectivity index is 1.71. The summed E-state index contributed by atoms with van der Waals surface area (Å²) in [6.45, 7) is 6.41. The summed E-state index contributed by atoms with van der Waals surface area (Å²) in [5, 5.41) is 8.57. The van der Waals surface area contributed by atoms with Crippen LogP contribution in [-0.4, -0.2) is 7.05 Å². The summed E-state index contributed by atoms with van der Waals surface area (Å²) < 4.78 is 0. The molecule has 4 aromatic rings. The van der Waals surface area contributed by atoms with E-state index in [4.69, 9.17) is 0 Å². The highest BCUT2D eigenvalue weighted by Gasteiger charge is 2.28. The largest absolute Gasteiger partial charge is 0.388 e. The Labute approximate surface area is 179 Å². The van der Waals surface area contributed by atoms with Crippen LogP contribution in [0.15, 0.2) is 97.6 Å². The molecule has 0 saturated heterocycles. The zero-order valence-corrected chi connectivity index (χ0v) is 17.9. The fourth-order valence-corrected chi connectivity index (χ4v) is 4.50. The zero-order chi connectivity index (χ0) is 21.0. The smallest absolute Gasteiger partial charge is 0.0382 e. The van der Waals surface area contributed by atoms with Crippen LogP contribution < -0.4 is 5.32 Å². The van der Waals surface area contributed by atoms with E-state index >= 15 is 0 Å². The van der Waals surface area contributed by atoms with Crippen LogP contribution in [0.2, 0.25) is 0 Å². The highest BCUT2D eigenvalue weighted by molar-refractivity contribution is 5.91. The maximum absolute atomic E-state index is 4.06. The molecule has 0 bridgehead atoms. The summed E-state index contributed by atoms with van der Waals surface area (Å²) in [6, 6.07) is 28.2. The lowest BCUT2D eigenvalue weighted by molar-refractivity contribution is 0.492. The molecule has 0 heterocycles. The maximum Gasteiger partial charge on any atom is 0.0382 e. The van der Waals surface area contributed by atoms with Crippen LogP contribution in [-0.2, 0) is 5.41 Å². The van der Waals surface area contributed by atoms with Gasteiger partial charge in [0.25, 0.3) is 0 Å². The van der Waals surface area contributed by atoms with Crippen LogP contribution in [0.4, 0.5) is 5.69 Å². The number of anilines is 1. The van der Waals surface area contributed by atoms with E-state index < -0.39 is 0 Å². The van der Waals surface area contributed by atoms with Gasteiger partial charge >= 0.3 is 0 Å². The van der Waals surface area contributed by atoms with E-state index in [1.165, 1.54) is 38.4 Å². The van der Waals surface area contributed by atoms with Crippen molar-refractivity contribution in [2.75, 3.05) is 12.4 Å². The van der Waals surface area contributed by atoms with Gasteiger partial charge in [0.05, 0.1) is 0 Å². The fourth-order valence-electron chi connectivity index (χ4n) is 4.50. The Morgan fingerprint density at radius 3 is 2.30 bits per heavy atom. The SMILES string of the molecule is C=CCC(C)(C/C=C/c1ccc2ccccc2c1)c1c(NC)ccc2ccccc12. The molecule has 0 aliphatic rings. The van der Waals surface area contributed by atoms with Gasteiger partial charge in [-0.2, -0.15) is 0 Å². The van der Waals surface area contributed by atoms with Crippen LogP contribution in [0, 0.1) is 0 Å². The second-order valence-electron chi connectivity index (χ2n) is 8.23. The predicted molar refractivity (Wildman–Crippen MR) is 133 cm³/mol. The molecule has 30 heavy (non-hydrogen) atoms. The van der Waals surface area contributed by atoms with Gasteiger partial charge in [0.15, 0.2) is 0 Å². The minimum Gasteiger partial charge on any atom is -0.388 e. The van der Waals surface area contributed by atoms with Crippen molar-refractivity contribution in [3.63, 3.8) is 0 Å². The summed E-state index contributed by atoms with van der Waals surface area (Å²) in [4.78, 5) is 0. The van der Waals surface area contributed by atoms with E-state index in [0.29, 0.717) is 0 Å². The molecule has 0 aliphatic heterocycles. The molecule has 150 valence electrons. The zero-order valence-electron chi connectivity index (χ0n) is 17.9. The van der Waals surface area contributed by atoms with E-state index in [0.717, 1.165) is 12.8 Å². The standard InChI is InChI=1S/C29H29N/c1-4-19-29(2,28-26-14-8-7-12-24(26)17-18-27(28)30-3)20-9-10-22-15-16-23-11-5-6-13-25(23)21-22/h4-18,21,30H,1,19-20H2,2-3H3/b10-9+. The van der Waals surface area contributed by atoms with Gasteiger partial charge in [-0.05, 0) is 57.6 Å². The van der Waals surface area contributed by atoms with Crippen molar-refractivity contribution < 1.29 is 0 Å². The Bertz CT molecular complexity index is 1220. The van der Waals surface area contributed by atoms with Gasteiger partial charge in [0.2, 0.25) is 0 Å².